The number of carbonyl (C=O) groups excluding carboxylic acids is 2. The second-order valence-electron chi connectivity index (χ2n) is 16.7. The number of aliphatic carboxylic acids is 3. The van der Waals surface area contributed by atoms with E-state index in [1.54, 1.807) is 0 Å². The van der Waals surface area contributed by atoms with Crippen molar-refractivity contribution < 1.29 is 43.9 Å². The first-order valence-electron chi connectivity index (χ1n) is 21.0. The summed E-state index contributed by atoms with van der Waals surface area (Å²) in [6, 6.07) is 10.7. The maximum atomic E-state index is 14.3. The third-order valence-electron chi connectivity index (χ3n) is 11.5. The molecule has 0 aromatic heterocycles. The lowest BCUT2D eigenvalue weighted by atomic mass is 9.81. The summed E-state index contributed by atoms with van der Waals surface area (Å²) in [5.41, 5.74) is 7.54. The molecular weight excluding hydrogens is 751 g/mol. The van der Waals surface area contributed by atoms with Crippen molar-refractivity contribution in [3.63, 3.8) is 0 Å². The lowest BCUT2D eigenvalue weighted by Crippen LogP contribution is -2.51. The Labute approximate surface area is 348 Å². The number of urea groups is 1. The number of hydrogen-bond acceptors (Lipinski definition) is 6. The molecule has 13 nitrogen and oxygen atoms in total. The minimum absolute atomic E-state index is 0.0355. The van der Waals surface area contributed by atoms with Crippen molar-refractivity contribution >= 4 is 46.9 Å². The van der Waals surface area contributed by atoms with Crippen LogP contribution in [0.4, 0.5) is 16.2 Å². The summed E-state index contributed by atoms with van der Waals surface area (Å²) in [4.78, 5) is 63.2. The summed E-state index contributed by atoms with van der Waals surface area (Å²) in [5.74, 6) is -4.07. The van der Waals surface area contributed by atoms with E-state index in [0.717, 1.165) is 54.7 Å². The number of carboxylic acids is 3. The third-order valence-corrected chi connectivity index (χ3v) is 11.5. The number of rotatable bonds is 22. The van der Waals surface area contributed by atoms with Gasteiger partial charge in [0.2, 0.25) is 11.6 Å². The first kappa shape index (κ1) is 46.2. The Kier molecular flexibility index (Phi) is 16.1. The molecule has 0 radical (unpaired) electrons. The van der Waals surface area contributed by atoms with Crippen molar-refractivity contribution in [3.8, 4) is 0 Å². The number of nitrogens with one attached hydrogen (secondary N) is 3. The van der Waals surface area contributed by atoms with E-state index in [2.05, 4.69) is 135 Å². The molecule has 2 aliphatic heterocycles. The Morgan fingerprint density at radius 2 is 1.46 bits per heavy atom. The van der Waals surface area contributed by atoms with Gasteiger partial charge < -0.3 is 36.2 Å². The molecule has 2 aliphatic rings. The Balaban J connectivity index is 1.53. The van der Waals surface area contributed by atoms with Crippen LogP contribution in [0.1, 0.15) is 122 Å². The number of benzene rings is 2. The highest BCUT2D eigenvalue weighted by atomic mass is 16.4. The first-order valence-corrected chi connectivity index (χ1v) is 21.0. The molecule has 0 saturated carbocycles. The Hall–Kier alpha value is -5.46. The zero-order valence-corrected chi connectivity index (χ0v) is 35.8. The molecule has 4 rings (SSSR count). The summed E-state index contributed by atoms with van der Waals surface area (Å²) in [6.45, 7) is 16.6. The Bertz CT molecular complexity index is 1970. The zero-order chi connectivity index (χ0) is 43.5. The molecule has 2 heterocycles. The van der Waals surface area contributed by atoms with Crippen LogP contribution in [0.3, 0.4) is 0 Å². The number of anilines is 1. The fourth-order valence-electron chi connectivity index (χ4n) is 8.20. The van der Waals surface area contributed by atoms with Gasteiger partial charge >= 0.3 is 23.9 Å². The van der Waals surface area contributed by atoms with Crippen molar-refractivity contribution in [2.24, 2.45) is 0 Å². The van der Waals surface area contributed by atoms with Crippen LogP contribution in [0, 0.1) is 6.92 Å². The molecular formula is C46H64N5O8+. The number of aryl methyl sites for hydroxylation is 1. The smallest absolute Gasteiger partial charge is 0.326 e. The van der Waals surface area contributed by atoms with Gasteiger partial charge in [-0.15, -0.1) is 0 Å². The monoisotopic (exact) mass is 814 g/mol. The lowest BCUT2D eigenvalue weighted by molar-refractivity contribution is -0.438. The van der Waals surface area contributed by atoms with Crippen LogP contribution in [0.25, 0.3) is 0 Å². The van der Waals surface area contributed by atoms with Crippen LogP contribution in [0.5, 0.6) is 0 Å². The molecule has 3 amide bonds. The molecule has 13 heteroatoms. The van der Waals surface area contributed by atoms with Gasteiger partial charge in [-0.2, -0.15) is 4.58 Å². The van der Waals surface area contributed by atoms with E-state index in [9.17, 15) is 34.2 Å². The molecule has 2 aromatic rings. The van der Waals surface area contributed by atoms with Gasteiger partial charge in [-0.1, -0.05) is 88.9 Å². The minimum atomic E-state index is -1.49. The fourth-order valence-corrected chi connectivity index (χ4v) is 8.20. The Morgan fingerprint density at radius 3 is 2.10 bits per heavy atom. The van der Waals surface area contributed by atoms with Gasteiger partial charge in [0.1, 0.15) is 24.7 Å². The normalized spacial score (nSPS) is 17.3. The summed E-state index contributed by atoms with van der Waals surface area (Å²) in [6.07, 6.45) is 11.1. The summed E-state index contributed by atoms with van der Waals surface area (Å²) < 4.78 is 2.45. The molecule has 0 fully saturated rings. The minimum Gasteiger partial charge on any atom is -0.481 e. The highest BCUT2D eigenvalue weighted by molar-refractivity contribution is 6.03. The second-order valence-corrected chi connectivity index (χ2v) is 16.7. The number of fused-ring (bicyclic) bond motifs is 2. The molecule has 59 heavy (non-hydrogen) atoms. The van der Waals surface area contributed by atoms with Crippen molar-refractivity contribution in [3.05, 3.63) is 83.1 Å². The van der Waals surface area contributed by atoms with Crippen LogP contribution >= 0.6 is 0 Å². The first-order chi connectivity index (χ1) is 27.9. The van der Waals surface area contributed by atoms with E-state index in [0.29, 0.717) is 19.3 Å². The van der Waals surface area contributed by atoms with Gasteiger partial charge in [-0.25, -0.2) is 14.4 Å². The molecule has 0 aliphatic carbocycles. The van der Waals surface area contributed by atoms with Crippen LogP contribution in [-0.4, -0.2) is 86.7 Å². The van der Waals surface area contributed by atoms with Crippen LogP contribution < -0.4 is 20.9 Å². The number of allylic oxidation sites excluding steroid dienone is 4. The van der Waals surface area contributed by atoms with E-state index in [4.69, 9.17) is 5.11 Å². The number of hydrogen-bond donors (Lipinski definition) is 6. The maximum absolute atomic E-state index is 14.3. The topological polar surface area (TPSA) is 188 Å². The summed E-state index contributed by atoms with van der Waals surface area (Å²) >= 11 is 0. The quantitative estimate of drug-likeness (QED) is 0.0523. The fraction of sp³-hybridized carbons (Fsp3) is 0.522. The molecule has 2 aromatic carbocycles. The van der Waals surface area contributed by atoms with Crippen LogP contribution in [0.15, 0.2) is 66.4 Å². The predicted molar refractivity (Wildman–Crippen MR) is 230 cm³/mol. The highest BCUT2D eigenvalue weighted by Crippen LogP contribution is 2.50. The second kappa shape index (κ2) is 20.5. The molecule has 0 spiro atoms. The average Bonchev–Trinajstić information content (AvgIpc) is 3.52. The van der Waals surface area contributed by atoms with Gasteiger partial charge in [-0.3, -0.25) is 9.59 Å². The maximum Gasteiger partial charge on any atom is 0.326 e. The van der Waals surface area contributed by atoms with Crippen LogP contribution in [0.2, 0.25) is 0 Å². The Morgan fingerprint density at radius 1 is 0.797 bits per heavy atom. The van der Waals surface area contributed by atoms with Crippen molar-refractivity contribution in [2.45, 2.75) is 142 Å². The SMILES string of the molecule is CCCCC(C(=O)NCCCCC(NC(=O)NC(CCC(=O)O)C(=O)O)C(=O)O)N1C(=CC=CC2=[N+](CCCC)c3ccccc3C2(C)C)C(C)(C)c2cc(C)ccc21. The number of carboxylic acid groups (broad SMARTS) is 3. The molecule has 0 bridgehead atoms. The number of para-hydroxylation sites is 1. The predicted octanol–water partition coefficient (Wildman–Crippen LogP) is 7.32. The van der Waals surface area contributed by atoms with E-state index in [1.807, 2.05) is 0 Å². The average molecular weight is 815 g/mol. The van der Waals surface area contributed by atoms with Gasteiger partial charge in [0.15, 0.2) is 5.71 Å². The molecule has 6 N–H and O–H groups in total. The van der Waals surface area contributed by atoms with Crippen LogP contribution in [-0.2, 0) is 30.0 Å². The van der Waals surface area contributed by atoms with Gasteiger partial charge in [0, 0.05) is 53.9 Å². The number of carbonyl (C=O) groups is 5. The third kappa shape index (κ3) is 11.2. The molecule has 3 unspecified atom stereocenters. The van der Waals surface area contributed by atoms with Crippen molar-refractivity contribution in [1.82, 2.24) is 16.0 Å². The molecule has 320 valence electrons. The van der Waals surface area contributed by atoms with E-state index >= 15 is 0 Å². The number of amides is 3. The van der Waals surface area contributed by atoms with Gasteiger partial charge in [0.05, 0.1) is 5.41 Å². The van der Waals surface area contributed by atoms with E-state index in [1.165, 1.54) is 17.0 Å². The summed E-state index contributed by atoms with van der Waals surface area (Å²) in [5, 5.41) is 35.5. The van der Waals surface area contributed by atoms with E-state index < -0.39 is 53.9 Å². The largest absolute Gasteiger partial charge is 0.481 e. The number of nitrogens with zero attached hydrogens (tertiary/aromatic N) is 2. The standard InChI is InChI=1S/C46H63N5O8/c1-8-10-19-37(41(54)47-27-15-14-18-33(42(55)56)48-44(59)49-34(43(57)58)24-26-40(52)53)51-36-25-23-30(3)29-32(36)46(6,7)39(51)22-16-21-38-45(4,5)31-17-12-13-20-35(31)50(38)28-11-9-2/h12-13,16-17,20-23,25,29,33-34,37H,8-11,14-15,18-19,24,26-28H2,1-7H3,(H5-,47,48,49,52,53,54,55,56,57,58,59)/p+1. The van der Waals surface area contributed by atoms with E-state index in [-0.39, 0.29) is 30.7 Å². The van der Waals surface area contributed by atoms with Gasteiger partial charge in [-0.05, 0) is 70.6 Å². The molecule has 0 saturated heterocycles. The molecule has 3 atom stereocenters. The van der Waals surface area contributed by atoms with Crippen molar-refractivity contribution in [1.29, 1.82) is 0 Å². The van der Waals surface area contributed by atoms with Gasteiger partial charge in [0.25, 0.3) is 0 Å². The van der Waals surface area contributed by atoms with Crippen molar-refractivity contribution in [2.75, 3.05) is 18.0 Å². The highest BCUT2D eigenvalue weighted by Gasteiger charge is 2.46. The number of unbranched alkanes of at least 4 members (excludes halogenated alkanes) is 3. The lowest BCUT2D eigenvalue weighted by Gasteiger charge is -2.33. The zero-order valence-electron chi connectivity index (χ0n) is 35.8. The summed E-state index contributed by atoms with van der Waals surface area (Å²) in [7, 11) is 0.